The van der Waals surface area contributed by atoms with Crippen LogP contribution in [0.15, 0.2) is 219 Å². The normalized spacial score (nSPS) is 13.0. The van der Waals surface area contributed by atoms with Crippen molar-refractivity contribution in [3.63, 3.8) is 0 Å². The zero-order valence-corrected chi connectivity index (χ0v) is 44.3. The lowest BCUT2D eigenvalue weighted by atomic mass is 9.67. The summed E-state index contributed by atoms with van der Waals surface area (Å²) in [6.07, 6.45) is 3.98. The number of aryl methyl sites for hydroxylation is 2. The number of aromatic nitrogens is 2. The first-order valence-corrected chi connectivity index (χ1v) is 26.6. The Balaban J connectivity index is 1.26. The highest BCUT2D eigenvalue weighted by molar-refractivity contribution is 7.26. The molecular formula is C69H60N4S. The van der Waals surface area contributed by atoms with Crippen LogP contribution >= 0.6 is 11.3 Å². The van der Waals surface area contributed by atoms with Gasteiger partial charge in [0.25, 0.3) is 0 Å². The van der Waals surface area contributed by atoms with Crippen molar-refractivity contribution in [3.8, 4) is 22.3 Å². The molecule has 0 fully saturated rings. The first-order valence-electron chi connectivity index (χ1n) is 25.8. The van der Waals surface area contributed by atoms with E-state index >= 15 is 0 Å². The van der Waals surface area contributed by atoms with Crippen molar-refractivity contribution in [1.82, 2.24) is 9.97 Å². The molecule has 12 rings (SSSR count). The van der Waals surface area contributed by atoms with Gasteiger partial charge in [-0.15, -0.1) is 11.3 Å². The van der Waals surface area contributed by atoms with E-state index in [1.165, 1.54) is 64.7 Å². The van der Waals surface area contributed by atoms with Crippen LogP contribution in [0.25, 0.3) is 42.4 Å². The maximum atomic E-state index is 5.24. The fraction of sp³-hybridized carbons (Fsp3) is 0.159. The standard InChI is InChI=1S/C69H60N4S/c1-45-28-38-61(70-43-45)72(52-34-30-48(31-35-52)67(3,4)5)54-40-56(47-20-12-9-13-21-47)63-57(41-54)69(50-22-14-10-15-23-50,51-24-16-11-17-25-51)58-42-59(64-55-26-18-19-27-60(55)74-66(64)65(58)63)73(62-39-29-46(2)44-71-62)53-36-32-49(33-37-53)68(6,7)8/h9-44H,1-8H3. The molecule has 0 aliphatic heterocycles. The van der Waals surface area contributed by atoms with Crippen LogP contribution in [0.2, 0.25) is 0 Å². The maximum Gasteiger partial charge on any atom is 0.137 e. The van der Waals surface area contributed by atoms with E-state index in [0.29, 0.717) is 0 Å². The van der Waals surface area contributed by atoms with Crippen molar-refractivity contribution in [2.75, 3.05) is 9.80 Å². The minimum absolute atomic E-state index is 0.00593. The van der Waals surface area contributed by atoms with E-state index < -0.39 is 5.41 Å². The summed E-state index contributed by atoms with van der Waals surface area (Å²) in [6.45, 7) is 17.9. The molecule has 0 atom stereocenters. The molecule has 0 unspecified atom stereocenters. The molecule has 0 amide bonds. The van der Waals surface area contributed by atoms with E-state index in [-0.39, 0.29) is 10.8 Å². The highest BCUT2D eigenvalue weighted by Crippen LogP contribution is 2.64. The molecule has 1 aliphatic carbocycles. The molecule has 0 N–H and O–H groups in total. The molecule has 1 aliphatic rings. The van der Waals surface area contributed by atoms with Crippen molar-refractivity contribution in [1.29, 1.82) is 0 Å². The SMILES string of the molecule is Cc1ccc(N(c2ccc(C(C)(C)C)cc2)c2cc(-c3ccccc3)c3c(c2)C(c2ccccc2)(c2ccccc2)c2cc(N(c4ccc(C(C)(C)C)cc4)c4ccc(C)cn4)c4c(sc5ccccc54)c2-3)nc1. The summed E-state index contributed by atoms with van der Waals surface area (Å²) in [5, 5.41) is 2.43. The van der Waals surface area contributed by atoms with Crippen molar-refractivity contribution in [2.45, 2.75) is 71.6 Å². The average Bonchev–Trinajstić information content (AvgIpc) is 3.96. The molecular weight excluding hydrogens is 917 g/mol. The molecule has 4 nitrogen and oxygen atoms in total. The molecule has 0 spiro atoms. The van der Waals surface area contributed by atoms with Crippen molar-refractivity contribution < 1.29 is 0 Å². The molecule has 5 heteroatoms. The van der Waals surface area contributed by atoms with Crippen molar-refractivity contribution in [3.05, 3.63) is 263 Å². The third-order valence-corrected chi connectivity index (χ3v) is 16.2. The summed E-state index contributed by atoms with van der Waals surface area (Å²) < 4.78 is 2.49. The molecule has 0 saturated carbocycles. The minimum atomic E-state index is -0.795. The largest absolute Gasteiger partial charge is 0.295 e. The molecule has 0 bridgehead atoms. The Labute approximate surface area is 440 Å². The number of fused-ring (bicyclic) bond motifs is 7. The first kappa shape index (κ1) is 46.9. The van der Waals surface area contributed by atoms with Crippen LogP contribution in [0.4, 0.5) is 34.4 Å². The summed E-state index contributed by atoms with van der Waals surface area (Å²) in [5.74, 6) is 1.72. The number of thiophene rings is 1. The lowest BCUT2D eigenvalue weighted by Gasteiger charge is -2.36. The van der Waals surface area contributed by atoms with Gasteiger partial charge >= 0.3 is 0 Å². The smallest absolute Gasteiger partial charge is 0.137 e. The summed E-state index contributed by atoms with van der Waals surface area (Å²) in [7, 11) is 0. The average molecular weight is 977 g/mol. The third-order valence-electron chi connectivity index (χ3n) is 15.0. The maximum absolute atomic E-state index is 5.24. The Kier molecular flexibility index (Phi) is 11.5. The van der Waals surface area contributed by atoms with Crippen LogP contribution in [0.5, 0.6) is 0 Å². The van der Waals surface area contributed by atoms with Gasteiger partial charge in [-0.05, 0) is 147 Å². The van der Waals surface area contributed by atoms with Gasteiger partial charge in [-0.25, -0.2) is 9.97 Å². The van der Waals surface area contributed by atoms with E-state index in [4.69, 9.17) is 9.97 Å². The van der Waals surface area contributed by atoms with Crippen molar-refractivity contribution >= 4 is 65.9 Å². The lowest BCUT2D eigenvalue weighted by Crippen LogP contribution is -2.29. The van der Waals surface area contributed by atoms with E-state index in [2.05, 4.69) is 271 Å². The second kappa shape index (κ2) is 18.1. The predicted octanol–water partition coefficient (Wildman–Crippen LogP) is 19.0. The number of hydrogen-bond acceptors (Lipinski definition) is 5. The highest BCUT2D eigenvalue weighted by Gasteiger charge is 2.49. The molecule has 8 aromatic carbocycles. The summed E-state index contributed by atoms with van der Waals surface area (Å²) in [5.41, 5.74) is 17.8. The zero-order chi connectivity index (χ0) is 50.9. The zero-order valence-electron chi connectivity index (χ0n) is 43.5. The molecule has 74 heavy (non-hydrogen) atoms. The second-order valence-corrected chi connectivity index (χ2v) is 23.1. The van der Waals surface area contributed by atoms with Gasteiger partial charge in [0.2, 0.25) is 0 Å². The number of nitrogens with zero attached hydrogens (tertiary/aromatic N) is 4. The number of hydrogen-bond donors (Lipinski definition) is 0. The van der Waals surface area contributed by atoms with Crippen LogP contribution in [0.1, 0.15) is 86.1 Å². The van der Waals surface area contributed by atoms with E-state index in [1.54, 1.807) is 0 Å². The van der Waals surface area contributed by atoms with Gasteiger partial charge in [-0.3, -0.25) is 9.80 Å². The van der Waals surface area contributed by atoms with Crippen LogP contribution in [0.3, 0.4) is 0 Å². The Hall–Kier alpha value is -8.12. The number of pyridine rings is 2. The van der Waals surface area contributed by atoms with Crippen molar-refractivity contribution in [2.24, 2.45) is 0 Å². The Bertz CT molecular complexity index is 3790. The third kappa shape index (κ3) is 7.89. The van der Waals surface area contributed by atoms with Gasteiger partial charge < -0.3 is 0 Å². The highest BCUT2D eigenvalue weighted by atomic mass is 32.1. The number of rotatable bonds is 9. The van der Waals surface area contributed by atoms with Gasteiger partial charge in [0.05, 0.1) is 11.1 Å². The van der Waals surface area contributed by atoms with Gasteiger partial charge in [0, 0.05) is 55.2 Å². The van der Waals surface area contributed by atoms with Crippen LogP contribution in [-0.2, 0) is 16.2 Å². The fourth-order valence-electron chi connectivity index (χ4n) is 11.3. The lowest BCUT2D eigenvalue weighted by molar-refractivity contribution is 0.590. The minimum Gasteiger partial charge on any atom is -0.295 e. The van der Waals surface area contributed by atoms with Crippen LogP contribution in [-0.4, -0.2) is 9.97 Å². The van der Waals surface area contributed by atoms with E-state index in [1.807, 2.05) is 23.7 Å². The summed E-state index contributed by atoms with van der Waals surface area (Å²) in [6, 6.07) is 76.8. The molecule has 11 aromatic rings. The fourth-order valence-corrected chi connectivity index (χ4v) is 12.6. The molecule has 0 saturated heterocycles. The Morgan fingerprint density at radius 2 is 0.932 bits per heavy atom. The van der Waals surface area contributed by atoms with E-state index in [0.717, 1.165) is 56.6 Å². The van der Waals surface area contributed by atoms with Gasteiger partial charge in [0.1, 0.15) is 11.6 Å². The van der Waals surface area contributed by atoms with Crippen LogP contribution in [0, 0.1) is 13.8 Å². The monoisotopic (exact) mass is 976 g/mol. The molecule has 0 radical (unpaired) electrons. The summed E-state index contributed by atoms with van der Waals surface area (Å²) >= 11 is 1.90. The second-order valence-electron chi connectivity index (χ2n) is 22.0. The number of anilines is 6. The summed E-state index contributed by atoms with van der Waals surface area (Å²) in [4.78, 5) is 15.2. The Morgan fingerprint density at radius 3 is 1.46 bits per heavy atom. The van der Waals surface area contributed by atoms with Gasteiger partial charge in [0.15, 0.2) is 0 Å². The first-order chi connectivity index (χ1) is 35.8. The molecule has 362 valence electrons. The van der Waals surface area contributed by atoms with E-state index in [9.17, 15) is 0 Å². The van der Waals surface area contributed by atoms with Gasteiger partial charge in [-0.1, -0.05) is 187 Å². The van der Waals surface area contributed by atoms with Gasteiger partial charge in [-0.2, -0.15) is 0 Å². The topological polar surface area (TPSA) is 32.3 Å². The quantitative estimate of drug-likeness (QED) is 0.144. The molecule has 3 heterocycles. The number of benzene rings is 8. The Morgan fingerprint density at radius 1 is 0.446 bits per heavy atom. The predicted molar refractivity (Wildman–Crippen MR) is 314 cm³/mol. The van der Waals surface area contributed by atoms with Crippen LogP contribution < -0.4 is 9.80 Å². The molecule has 3 aromatic heterocycles.